The molecule has 6 heteroatoms. The van der Waals surface area contributed by atoms with Gasteiger partial charge in [0.1, 0.15) is 0 Å². The topological polar surface area (TPSA) is 38.7 Å². The average molecular weight is 936 g/mol. The Morgan fingerprint density at radius 1 is 0.348 bits per heavy atom. The van der Waals surface area contributed by atoms with Gasteiger partial charge in [-0.1, -0.05) is 158 Å². The van der Waals surface area contributed by atoms with Crippen molar-refractivity contribution in [2.24, 2.45) is 0 Å². The predicted molar refractivity (Wildman–Crippen MR) is 297 cm³/mol. The van der Waals surface area contributed by atoms with Gasteiger partial charge in [-0.25, -0.2) is 0 Å². The van der Waals surface area contributed by atoms with Crippen LogP contribution < -0.4 is 0 Å². The second-order valence-corrected chi connectivity index (χ2v) is 19.6. The van der Waals surface area contributed by atoms with Gasteiger partial charge in [-0.15, -0.1) is 35.3 Å². The average Bonchev–Trinajstić information content (AvgIpc) is 4.07. The van der Waals surface area contributed by atoms with Crippen LogP contribution in [0.3, 0.4) is 0 Å². The van der Waals surface area contributed by atoms with Crippen LogP contribution >= 0.6 is 35.3 Å². The summed E-state index contributed by atoms with van der Waals surface area (Å²) < 4.78 is 2.53. The lowest BCUT2D eigenvalue weighted by Crippen LogP contribution is -1.93. The third-order valence-corrected chi connectivity index (χ3v) is 15.2. The van der Waals surface area contributed by atoms with Gasteiger partial charge in [0.05, 0.1) is 26.8 Å². The summed E-state index contributed by atoms with van der Waals surface area (Å²) in [6.07, 6.45) is 8.05. The first-order valence-corrected chi connectivity index (χ1v) is 24.9. The van der Waals surface area contributed by atoms with Crippen LogP contribution in [-0.2, 0) is 0 Å². The van der Waals surface area contributed by atoms with Crippen LogP contribution in [0.15, 0.2) is 237 Å². The van der Waals surface area contributed by atoms with E-state index in [1.54, 1.807) is 22.7 Å². The van der Waals surface area contributed by atoms with Crippen LogP contribution in [0.5, 0.6) is 0 Å². The lowest BCUT2D eigenvalue weighted by molar-refractivity contribution is 1.29. The Balaban J connectivity index is 0.967. The second kappa shape index (κ2) is 18.6. The summed E-state index contributed by atoms with van der Waals surface area (Å²) in [5.74, 6) is 0. The largest absolute Gasteiger partial charge is 0.255 e. The molecule has 0 aliphatic heterocycles. The molecule has 0 bridgehead atoms. The van der Waals surface area contributed by atoms with E-state index < -0.39 is 0 Å². The first-order valence-electron chi connectivity index (χ1n) is 22.8. The fourth-order valence-corrected chi connectivity index (χ4v) is 11.5. The second-order valence-electron chi connectivity index (χ2n) is 17.0. The number of thiophene rings is 2. The Morgan fingerprint density at radius 2 is 0.725 bits per heavy atom. The molecule has 0 fully saturated rings. The molecule has 7 aromatic carbocycles. The highest BCUT2D eigenvalue weighted by Crippen LogP contribution is 2.43. The molecule has 0 atom stereocenters. The van der Waals surface area contributed by atoms with Crippen LogP contribution in [0.1, 0.15) is 11.3 Å². The molecule has 0 aliphatic rings. The zero-order valence-electron chi connectivity index (χ0n) is 37.2. The summed E-state index contributed by atoms with van der Waals surface area (Å²) >= 11 is 8.40. The van der Waals surface area contributed by atoms with Crippen LogP contribution in [-0.4, -0.2) is 15.0 Å². The molecule has 0 aliphatic carbocycles. The van der Waals surface area contributed by atoms with Gasteiger partial charge in [0, 0.05) is 49.6 Å². The van der Waals surface area contributed by atoms with Crippen molar-refractivity contribution in [2.45, 2.75) is 0 Å². The van der Waals surface area contributed by atoms with E-state index in [4.69, 9.17) is 27.6 Å². The number of rotatable bonds is 10. The molecular weight excluding hydrogens is 895 g/mol. The standard InChI is InChI=1S/C63H41N3S3/c67-59(32-41-14-2-1-3-15-41)56-29-26-44(38-64-56)50-18-6-9-21-53(50)47-33-48(54-22-10-7-19-51(54)45-27-30-57(65-39-45)62-36-42-16-4-12-24-60(42)68-62)35-49(34-47)55-23-11-8-20-52(55)46-28-31-58(66-40-46)63-37-43-17-5-13-25-61(43)69-63/h1-40,67H/b59-32-. The number of benzene rings is 7. The monoisotopic (exact) mass is 935 g/mol. The van der Waals surface area contributed by atoms with Crippen molar-refractivity contribution in [3.63, 3.8) is 0 Å². The highest BCUT2D eigenvalue weighted by molar-refractivity contribution is 7.90. The van der Waals surface area contributed by atoms with E-state index in [-0.39, 0.29) is 0 Å². The molecule has 12 aromatic rings. The number of aromatic nitrogens is 3. The molecular formula is C63H41N3S3. The summed E-state index contributed by atoms with van der Waals surface area (Å²) in [5.41, 5.74) is 17.0. The number of hydrogen-bond donors (Lipinski definition) is 1. The van der Waals surface area contributed by atoms with Crippen molar-refractivity contribution in [2.75, 3.05) is 0 Å². The van der Waals surface area contributed by atoms with E-state index in [9.17, 15) is 0 Å². The molecule has 0 saturated carbocycles. The molecule has 0 amide bonds. The smallest absolute Gasteiger partial charge is 0.0802 e. The van der Waals surface area contributed by atoms with Crippen LogP contribution in [0.2, 0.25) is 0 Å². The molecule has 0 radical (unpaired) electrons. The summed E-state index contributed by atoms with van der Waals surface area (Å²) in [5, 5.41) is 2.48. The van der Waals surface area contributed by atoms with Crippen molar-refractivity contribution >= 4 is 66.5 Å². The third-order valence-electron chi connectivity index (χ3n) is 12.6. The van der Waals surface area contributed by atoms with Gasteiger partial charge in [-0.2, -0.15) is 0 Å². The molecule has 5 aromatic heterocycles. The minimum Gasteiger partial charge on any atom is -0.255 e. The van der Waals surface area contributed by atoms with Gasteiger partial charge in [-0.05, 0) is 133 Å². The summed E-state index contributed by atoms with van der Waals surface area (Å²) in [6.45, 7) is 0. The third kappa shape index (κ3) is 8.62. The van der Waals surface area contributed by atoms with E-state index >= 15 is 0 Å². The molecule has 12 rings (SSSR count). The van der Waals surface area contributed by atoms with Crippen molar-refractivity contribution in [1.82, 2.24) is 15.0 Å². The Labute approximate surface area is 414 Å². The highest BCUT2D eigenvalue weighted by Gasteiger charge is 2.18. The first-order chi connectivity index (χ1) is 34.1. The Kier molecular flexibility index (Phi) is 11.4. The molecule has 0 unspecified atom stereocenters. The van der Waals surface area contributed by atoms with Crippen molar-refractivity contribution in [1.29, 1.82) is 0 Å². The molecule has 326 valence electrons. The molecule has 0 saturated heterocycles. The highest BCUT2D eigenvalue weighted by atomic mass is 32.1. The minimum absolute atomic E-state index is 0.811. The normalized spacial score (nSPS) is 11.6. The van der Waals surface area contributed by atoms with Gasteiger partial charge < -0.3 is 0 Å². The molecule has 5 heterocycles. The molecule has 3 nitrogen and oxygen atoms in total. The number of nitrogens with zero attached hydrogens (tertiary/aromatic N) is 3. The molecule has 69 heavy (non-hydrogen) atoms. The van der Waals surface area contributed by atoms with Crippen LogP contribution in [0.25, 0.3) is 119 Å². The van der Waals surface area contributed by atoms with E-state index in [1.807, 2.05) is 42.9 Å². The maximum atomic E-state index is 5.04. The molecule has 0 spiro atoms. The van der Waals surface area contributed by atoms with Gasteiger partial charge in [0.25, 0.3) is 0 Å². The fourth-order valence-electron chi connectivity index (χ4n) is 9.15. The lowest BCUT2D eigenvalue weighted by Gasteiger charge is -2.18. The van der Waals surface area contributed by atoms with E-state index in [1.165, 1.54) is 20.2 Å². The van der Waals surface area contributed by atoms with Crippen molar-refractivity contribution < 1.29 is 0 Å². The van der Waals surface area contributed by atoms with Crippen molar-refractivity contribution in [3.8, 4) is 87.9 Å². The predicted octanol–water partition coefficient (Wildman–Crippen LogP) is 18.1. The fraction of sp³-hybridized carbons (Fsp3) is 0. The number of fused-ring (bicyclic) bond motifs is 2. The minimum atomic E-state index is 0.811. The number of hydrogen-bond acceptors (Lipinski definition) is 6. The van der Waals surface area contributed by atoms with E-state index in [2.05, 4.69) is 200 Å². The summed E-state index contributed by atoms with van der Waals surface area (Å²) in [7, 11) is 0. The summed E-state index contributed by atoms with van der Waals surface area (Å²) in [4.78, 5) is 18.1. The first kappa shape index (κ1) is 42.4. The van der Waals surface area contributed by atoms with E-state index in [0.717, 1.165) is 104 Å². The van der Waals surface area contributed by atoms with Gasteiger partial charge in [-0.3, -0.25) is 15.0 Å². The quantitative estimate of drug-likeness (QED) is 0.139. The van der Waals surface area contributed by atoms with Crippen LogP contribution in [0, 0.1) is 0 Å². The molecule has 0 N–H and O–H groups in total. The number of pyridine rings is 3. The zero-order valence-corrected chi connectivity index (χ0v) is 39.7. The number of thiol groups is 1. The Bertz CT molecular complexity index is 3590. The Morgan fingerprint density at radius 3 is 1.12 bits per heavy atom. The van der Waals surface area contributed by atoms with Gasteiger partial charge >= 0.3 is 0 Å². The van der Waals surface area contributed by atoms with Gasteiger partial charge in [0.2, 0.25) is 0 Å². The summed E-state index contributed by atoms with van der Waals surface area (Å²) in [6, 6.07) is 77.6. The maximum absolute atomic E-state index is 5.04. The SMILES string of the molecule is S/C(=C\c1ccccc1)c1ccc(-c2ccccc2-c2cc(-c3ccccc3-c3ccc(-c4cc5ccccc5s4)nc3)cc(-c3ccccc3-c3ccc(-c4cc5ccccc5s4)nc3)c2)cn1. The van der Waals surface area contributed by atoms with Crippen molar-refractivity contribution in [3.05, 3.63) is 248 Å². The lowest BCUT2D eigenvalue weighted by atomic mass is 9.86. The van der Waals surface area contributed by atoms with Crippen LogP contribution in [0.4, 0.5) is 0 Å². The van der Waals surface area contributed by atoms with Gasteiger partial charge in [0.15, 0.2) is 0 Å². The zero-order chi connectivity index (χ0) is 46.1. The maximum Gasteiger partial charge on any atom is 0.0802 e. The van der Waals surface area contributed by atoms with E-state index in [0.29, 0.717) is 0 Å². The Hall–Kier alpha value is -8.00.